The van der Waals surface area contributed by atoms with Gasteiger partial charge in [0.25, 0.3) is 11.6 Å². The van der Waals surface area contributed by atoms with E-state index in [9.17, 15) is 14.9 Å². The monoisotopic (exact) mass is 637 g/mol. The van der Waals surface area contributed by atoms with Crippen LogP contribution in [0.3, 0.4) is 0 Å². The molecule has 4 aromatic rings. The second-order valence-electron chi connectivity index (χ2n) is 8.22. The second-order valence-corrected chi connectivity index (χ2v) is 9.38. The normalized spacial score (nSPS) is 10.7. The predicted molar refractivity (Wildman–Crippen MR) is 155 cm³/mol. The number of hydrazone groups is 1. The summed E-state index contributed by atoms with van der Waals surface area (Å²) < 4.78 is 18.1. The molecule has 0 bridgehead atoms. The number of nitro groups is 1. The van der Waals surface area contributed by atoms with Crippen molar-refractivity contribution in [1.82, 2.24) is 5.43 Å². The topological polar surface area (TPSA) is 112 Å². The molecule has 198 valence electrons. The number of nitro benzene ring substituents is 1. The molecular weight excluding hydrogens is 613 g/mol. The molecule has 1 N–H and O–H groups in total. The molecule has 0 atom stereocenters. The molecule has 0 aromatic heterocycles. The number of para-hydroxylation sites is 1. The molecule has 39 heavy (non-hydrogen) atoms. The van der Waals surface area contributed by atoms with Crippen molar-refractivity contribution in [2.75, 3.05) is 7.11 Å². The molecule has 0 saturated heterocycles. The Hall–Kier alpha value is -4.45. The first-order chi connectivity index (χ1) is 18.9. The lowest BCUT2D eigenvalue weighted by Crippen LogP contribution is -2.18. The van der Waals surface area contributed by atoms with Gasteiger partial charge in [0.1, 0.15) is 19.0 Å². The van der Waals surface area contributed by atoms with Crippen molar-refractivity contribution in [3.8, 4) is 17.2 Å². The van der Waals surface area contributed by atoms with Crippen LogP contribution in [-0.2, 0) is 13.2 Å². The van der Waals surface area contributed by atoms with Crippen molar-refractivity contribution in [1.29, 1.82) is 0 Å². The smallest absolute Gasteiger partial charge is 0.275 e. The number of carbonyl (C=O) groups excluding carboxylic acids is 1. The van der Waals surface area contributed by atoms with Crippen LogP contribution in [0.2, 0.25) is 0 Å². The summed E-state index contributed by atoms with van der Waals surface area (Å²) in [6.45, 7) is 0.546. The molecule has 0 spiro atoms. The number of halogens is 1. The number of hydrogen-bond donors (Lipinski definition) is 1. The van der Waals surface area contributed by atoms with Gasteiger partial charge in [-0.3, -0.25) is 14.9 Å². The van der Waals surface area contributed by atoms with Gasteiger partial charge in [0.2, 0.25) is 0 Å². The zero-order valence-electron chi connectivity index (χ0n) is 20.9. The van der Waals surface area contributed by atoms with Gasteiger partial charge < -0.3 is 14.2 Å². The number of nitrogens with one attached hydrogen (secondary N) is 1. The summed E-state index contributed by atoms with van der Waals surface area (Å²) in [5, 5.41) is 14.9. The quantitative estimate of drug-likeness (QED) is 0.0917. The molecule has 4 aromatic carbocycles. The van der Waals surface area contributed by atoms with E-state index in [1.807, 2.05) is 36.4 Å². The van der Waals surface area contributed by atoms with E-state index < -0.39 is 10.8 Å². The van der Waals surface area contributed by atoms with E-state index in [1.54, 1.807) is 42.5 Å². The maximum atomic E-state index is 12.8. The summed E-state index contributed by atoms with van der Waals surface area (Å²) in [4.78, 5) is 23.2. The van der Waals surface area contributed by atoms with Gasteiger partial charge in [0.15, 0.2) is 11.5 Å². The predicted octanol–water partition coefficient (Wildman–Crippen LogP) is 6.13. The number of benzene rings is 4. The van der Waals surface area contributed by atoms with Crippen LogP contribution in [0.4, 0.5) is 5.69 Å². The van der Waals surface area contributed by atoms with Crippen molar-refractivity contribution in [3.63, 3.8) is 0 Å². The molecule has 0 unspecified atom stereocenters. The molecular formula is C29H24IN3O6. The van der Waals surface area contributed by atoms with Crippen LogP contribution in [0.5, 0.6) is 17.2 Å². The number of nitrogens with zero attached hydrogens (tertiary/aromatic N) is 2. The van der Waals surface area contributed by atoms with Crippen LogP contribution >= 0.6 is 22.6 Å². The van der Waals surface area contributed by atoms with Crippen LogP contribution in [0.15, 0.2) is 96.1 Å². The number of rotatable bonds is 11. The zero-order chi connectivity index (χ0) is 27.6. The molecule has 0 fully saturated rings. The lowest BCUT2D eigenvalue weighted by molar-refractivity contribution is -0.384. The van der Waals surface area contributed by atoms with Gasteiger partial charge in [-0.05, 0) is 75.7 Å². The molecule has 1 amide bonds. The summed E-state index contributed by atoms with van der Waals surface area (Å²) >= 11 is 2.12. The Bertz CT molecular complexity index is 1480. The van der Waals surface area contributed by atoms with E-state index in [1.165, 1.54) is 25.5 Å². The SMILES string of the molecule is COc1cc(/C=N/NC(=O)c2ccccc2OCc2ccccc2)cc(I)c1OCc1ccc([N+](=O)[O-])cc1. The largest absolute Gasteiger partial charge is 0.493 e. The van der Waals surface area contributed by atoms with Crippen LogP contribution in [-0.4, -0.2) is 24.2 Å². The molecule has 9 nitrogen and oxygen atoms in total. The van der Waals surface area contributed by atoms with Crippen LogP contribution in [0.25, 0.3) is 0 Å². The lowest BCUT2D eigenvalue weighted by atomic mass is 10.2. The number of ether oxygens (including phenoxy) is 3. The number of hydrogen-bond acceptors (Lipinski definition) is 7. The van der Waals surface area contributed by atoms with Crippen LogP contribution < -0.4 is 19.6 Å². The average Bonchev–Trinajstić information content (AvgIpc) is 2.96. The Morgan fingerprint density at radius 3 is 2.31 bits per heavy atom. The Morgan fingerprint density at radius 2 is 1.59 bits per heavy atom. The van der Waals surface area contributed by atoms with E-state index >= 15 is 0 Å². The fraction of sp³-hybridized carbons (Fsp3) is 0.103. The van der Waals surface area contributed by atoms with Gasteiger partial charge >= 0.3 is 0 Å². The summed E-state index contributed by atoms with van der Waals surface area (Å²) in [5.41, 5.74) is 5.39. The molecule has 0 saturated carbocycles. The van der Waals surface area contributed by atoms with E-state index in [2.05, 4.69) is 33.1 Å². The standard InChI is InChI=1S/C29H24IN3O6/c1-37-27-16-22(15-25(30)28(27)39-19-21-11-13-23(14-12-21)33(35)36)17-31-32-29(34)24-9-5-6-10-26(24)38-18-20-7-3-2-4-8-20/h2-17H,18-19H2,1H3,(H,32,34)/b31-17+. The van der Waals surface area contributed by atoms with E-state index in [4.69, 9.17) is 14.2 Å². The van der Waals surface area contributed by atoms with E-state index in [0.717, 1.165) is 14.7 Å². The first-order valence-electron chi connectivity index (χ1n) is 11.8. The maximum Gasteiger partial charge on any atom is 0.275 e. The first kappa shape index (κ1) is 27.6. The van der Waals surface area contributed by atoms with Gasteiger partial charge in [0.05, 0.1) is 27.4 Å². The number of non-ortho nitro benzene ring substituents is 1. The molecule has 0 aliphatic rings. The van der Waals surface area contributed by atoms with Gasteiger partial charge in [0, 0.05) is 12.1 Å². The van der Waals surface area contributed by atoms with Crippen molar-refractivity contribution in [2.45, 2.75) is 13.2 Å². The van der Waals surface area contributed by atoms with Crippen LogP contribution in [0.1, 0.15) is 27.0 Å². The van der Waals surface area contributed by atoms with E-state index in [-0.39, 0.29) is 12.3 Å². The molecule has 0 aliphatic carbocycles. The molecule has 0 heterocycles. The fourth-order valence-corrected chi connectivity index (χ4v) is 4.35. The lowest BCUT2D eigenvalue weighted by Gasteiger charge is -2.13. The van der Waals surface area contributed by atoms with Gasteiger partial charge in [-0.15, -0.1) is 0 Å². The Kier molecular flexibility index (Phi) is 9.46. The van der Waals surface area contributed by atoms with Crippen LogP contribution in [0, 0.1) is 13.7 Å². The third-order valence-electron chi connectivity index (χ3n) is 5.53. The minimum atomic E-state index is -0.447. The van der Waals surface area contributed by atoms with Crippen molar-refractivity contribution in [2.24, 2.45) is 5.10 Å². The Morgan fingerprint density at radius 1 is 0.923 bits per heavy atom. The van der Waals surface area contributed by atoms with Gasteiger partial charge in [-0.25, -0.2) is 5.43 Å². The molecule has 0 radical (unpaired) electrons. The van der Waals surface area contributed by atoms with Crippen molar-refractivity contribution in [3.05, 3.63) is 127 Å². The highest BCUT2D eigenvalue weighted by Gasteiger charge is 2.14. The third kappa shape index (κ3) is 7.54. The second kappa shape index (κ2) is 13.4. The first-order valence-corrected chi connectivity index (χ1v) is 12.9. The number of carbonyl (C=O) groups is 1. The Labute approximate surface area is 238 Å². The fourth-order valence-electron chi connectivity index (χ4n) is 3.56. The minimum absolute atomic E-state index is 0.0184. The summed E-state index contributed by atoms with van der Waals surface area (Å²) in [7, 11) is 1.53. The maximum absolute atomic E-state index is 12.8. The van der Waals surface area contributed by atoms with Gasteiger partial charge in [-0.2, -0.15) is 5.10 Å². The number of methoxy groups -OCH3 is 1. The molecule has 4 rings (SSSR count). The highest BCUT2D eigenvalue weighted by molar-refractivity contribution is 14.1. The molecule has 0 aliphatic heterocycles. The summed E-state index contributed by atoms with van der Waals surface area (Å²) in [6.07, 6.45) is 1.51. The summed E-state index contributed by atoms with van der Waals surface area (Å²) in [5.74, 6) is 1.07. The third-order valence-corrected chi connectivity index (χ3v) is 6.33. The van der Waals surface area contributed by atoms with Gasteiger partial charge in [-0.1, -0.05) is 42.5 Å². The highest BCUT2D eigenvalue weighted by Crippen LogP contribution is 2.34. The molecule has 10 heteroatoms. The average molecular weight is 637 g/mol. The minimum Gasteiger partial charge on any atom is -0.493 e. The highest BCUT2D eigenvalue weighted by atomic mass is 127. The van der Waals surface area contributed by atoms with Crippen molar-refractivity contribution < 1.29 is 23.9 Å². The zero-order valence-corrected chi connectivity index (χ0v) is 23.0. The van der Waals surface area contributed by atoms with E-state index in [0.29, 0.717) is 35.0 Å². The summed E-state index contributed by atoms with van der Waals surface area (Å²) in [6, 6.07) is 26.4. The number of amides is 1. The van der Waals surface area contributed by atoms with Crippen molar-refractivity contribution >= 4 is 40.4 Å². The Balaban J connectivity index is 1.39.